The van der Waals surface area contributed by atoms with Crippen molar-refractivity contribution >= 4 is 28.3 Å². The van der Waals surface area contributed by atoms with E-state index in [1.807, 2.05) is 36.4 Å². The van der Waals surface area contributed by atoms with E-state index in [1.54, 1.807) is 0 Å². The molecule has 1 heterocycles. The molecule has 3 N–H and O–H groups in total. The number of allylic oxidation sites excluding steroid dienone is 1. The Hall–Kier alpha value is -1.43. The fraction of sp³-hybridized carbons (Fsp3) is 0.167. The molecule has 0 aromatic heterocycles. The van der Waals surface area contributed by atoms with Crippen molar-refractivity contribution in [2.24, 2.45) is 5.14 Å². The summed E-state index contributed by atoms with van der Waals surface area (Å²) in [6.07, 6.45) is 7.78. The van der Waals surface area contributed by atoms with Crippen molar-refractivity contribution in [3.05, 3.63) is 39.8 Å². The van der Waals surface area contributed by atoms with Gasteiger partial charge in [-0.05, 0) is 16.0 Å². The van der Waals surface area contributed by atoms with Crippen LogP contribution in [0, 0.1) is 0 Å². The van der Waals surface area contributed by atoms with E-state index in [9.17, 15) is 8.42 Å². The molecule has 4 nitrogen and oxygen atoms in total. The van der Waals surface area contributed by atoms with E-state index < -0.39 is 15.4 Å². The Morgan fingerprint density at radius 2 is 2.06 bits per heavy atom. The summed E-state index contributed by atoms with van der Waals surface area (Å²) in [4.78, 5) is 0. The van der Waals surface area contributed by atoms with Gasteiger partial charge in [0.2, 0.25) is 10.0 Å². The van der Waals surface area contributed by atoms with Crippen molar-refractivity contribution in [2.45, 2.75) is 5.37 Å². The van der Waals surface area contributed by atoms with E-state index in [0.717, 1.165) is 21.6 Å². The Labute approximate surface area is 99.2 Å². The Bertz CT molecular complexity index is 733. The van der Waals surface area contributed by atoms with Crippen LogP contribution in [0.3, 0.4) is 0 Å². The molecule has 1 aliphatic carbocycles. The van der Waals surface area contributed by atoms with Crippen molar-refractivity contribution in [1.82, 2.24) is 5.32 Å². The first kappa shape index (κ1) is 10.7. The highest BCUT2D eigenvalue weighted by atomic mass is 32.2. The number of sulfonamides is 1. The van der Waals surface area contributed by atoms with E-state index in [1.165, 1.54) is 0 Å². The SMILES string of the molecule is NS(=O)(=O)C1NCC=c2ccc3c(c21)C=CC=3. The van der Waals surface area contributed by atoms with Gasteiger partial charge in [-0.1, -0.05) is 36.4 Å². The fourth-order valence-corrected chi connectivity index (χ4v) is 3.30. The van der Waals surface area contributed by atoms with Crippen molar-refractivity contribution in [3.63, 3.8) is 0 Å². The van der Waals surface area contributed by atoms with Crippen LogP contribution in [0.15, 0.2) is 18.2 Å². The Kier molecular flexibility index (Phi) is 2.22. The summed E-state index contributed by atoms with van der Waals surface area (Å²) in [5.41, 5.74) is 1.71. The average molecular weight is 248 g/mol. The lowest BCUT2D eigenvalue weighted by Crippen LogP contribution is -2.41. The normalized spacial score (nSPS) is 21.4. The minimum atomic E-state index is -3.64. The topological polar surface area (TPSA) is 72.2 Å². The van der Waals surface area contributed by atoms with Crippen LogP contribution in [0.5, 0.6) is 0 Å². The zero-order valence-electron chi connectivity index (χ0n) is 9.05. The first-order valence-corrected chi connectivity index (χ1v) is 6.95. The summed E-state index contributed by atoms with van der Waals surface area (Å²) in [7, 11) is -3.64. The molecule has 1 aromatic carbocycles. The van der Waals surface area contributed by atoms with Crippen molar-refractivity contribution in [1.29, 1.82) is 0 Å². The molecule has 1 aliphatic heterocycles. The molecule has 5 heteroatoms. The summed E-state index contributed by atoms with van der Waals surface area (Å²) in [6.45, 7) is 0.514. The number of rotatable bonds is 1. The maximum absolute atomic E-state index is 11.6. The quantitative estimate of drug-likeness (QED) is 0.681. The smallest absolute Gasteiger partial charge is 0.229 e. The van der Waals surface area contributed by atoms with Crippen molar-refractivity contribution < 1.29 is 8.42 Å². The lowest BCUT2D eigenvalue weighted by atomic mass is 10.0. The molecule has 0 saturated carbocycles. The molecule has 1 atom stereocenters. The molecule has 0 fully saturated rings. The van der Waals surface area contributed by atoms with E-state index in [2.05, 4.69) is 5.32 Å². The number of benzene rings is 1. The Morgan fingerprint density at radius 3 is 2.82 bits per heavy atom. The maximum Gasteiger partial charge on any atom is 0.229 e. The van der Waals surface area contributed by atoms with Crippen LogP contribution < -0.4 is 20.9 Å². The molecule has 0 bridgehead atoms. The first-order valence-electron chi connectivity index (χ1n) is 5.34. The lowest BCUT2D eigenvalue weighted by Gasteiger charge is -2.22. The third-order valence-corrected chi connectivity index (χ3v) is 4.17. The zero-order valence-corrected chi connectivity index (χ0v) is 9.87. The van der Waals surface area contributed by atoms with Crippen LogP contribution in [0.1, 0.15) is 16.5 Å². The van der Waals surface area contributed by atoms with Gasteiger partial charge in [0.15, 0.2) is 5.37 Å². The highest BCUT2D eigenvalue weighted by Crippen LogP contribution is 2.20. The van der Waals surface area contributed by atoms with Crippen LogP contribution in [-0.4, -0.2) is 15.0 Å². The lowest BCUT2D eigenvalue weighted by molar-refractivity contribution is 0.564. The van der Waals surface area contributed by atoms with Gasteiger partial charge < -0.3 is 0 Å². The zero-order chi connectivity index (χ0) is 12.0. The fourth-order valence-electron chi connectivity index (χ4n) is 2.38. The number of hydrogen-bond acceptors (Lipinski definition) is 3. The number of nitrogens with two attached hydrogens (primary N) is 1. The standard InChI is InChI=1S/C12H12N2O2S/c13-17(15,16)12-11-9(6-7-14-12)5-4-8-2-1-3-10(8)11/h1-6,12,14H,7H2,(H2,13,15,16). The van der Waals surface area contributed by atoms with E-state index in [4.69, 9.17) is 5.14 Å². The van der Waals surface area contributed by atoms with Gasteiger partial charge in [-0.25, -0.2) is 13.6 Å². The molecule has 0 saturated heterocycles. The van der Waals surface area contributed by atoms with E-state index in [0.29, 0.717) is 6.54 Å². The van der Waals surface area contributed by atoms with Crippen molar-refractivity contribution in [3.8, 4) is 0 Å². The summed E-state index contributed by atoms with van der Waals surface area (Å²) in [5.74, 6) is 0. The molecule has 1 aromatic rings. The van der Waals surface area contributed by atoms with Gasteiger partial charge in [0, 0.05) is 12.1 Å². The highest BCUT2D eigenvalue weighted by Gasteiger charge is 2.28. The van der Waals surface area contributed by atoms with Crippen LogP contribution in [0.4, 0.5) is 0 Å². The van der Waals surface area contributed by atoms with Gasteiger partial charge in [0.05, 0.1) is 0 Å². The summed E-state index contributed by atoms with van der Waals surface area (Å²) in [5, 5.41) is 9.38. The van der Waals surface area contributed by atoms with Gasteiger partial charge in [-0.15, -0.1) is 0 Å². The number of hydrogen-bond donors (Lipinski definition) is 2. The molecule has 88 valence electrons. The second-order valence-corrected chi connectivity index (χ2v) is 5.83. The predicted octanol–water partition coefficient (Wildman–Crippen LogP) is -0.835. The molecule has 0 radical (unpaired) electrons. The number of primary sulfonamides is 1. The number of fused-ring (bicyclic) bond motifs is 3. The highest BCUT2D eigenvalue weighted by molar-refractivity contribution is 7.89. The van der Waals surface area contributed by atoms with E-state index >= 15 is 0 Å². The maximum atomic E-state index is 11.6. The second-order valence-electron chi connectivity index (χ2n) is 4.18. The Balaban J connectivity index is 2.38. The minimum absolute atomic E-state index is 0.514. The van der Waals surface area contributed by atoms with Gasteiger partial charge in [-0.2, -0.15) is 0 Å². The van der Waals surface area contributed by atoms with Gasteiger partial charge in [0.1, 0.15) is 0 Å². The second kappa shape index (κ2) is 3.53. The molecule has 0 amide bonds. The number of nitrogens with one attached hydrogen (secondary N) is 1. The predicted molar refractivity (Wildman–Crippen MR) is 67.5 cm³/mol. The van der Waals surface area contributed by atoms with Gasteiger partial charge in [0.25, 0.3) is 0 Å². The summed E-state index contributed by atoms with van der Waals surface area (Å²) in [6, 6.07) is 3.94. The third-order valence-electron chi connectivity index (χ3n) is 3.11. The average Bonchev–Trinajstić information content (AvgIpc) is 2.75. The van der Waals surface area contributed by atoms with E-state index in [-0.39, 0.29) is 0 Å². The minimum Gasteiger partial charge on any atom is -0.293 e. The molecule has 1 unspecified atom stereocenters. The molecule has 17 heavy (non-hydrogen) atoms. The van der Waals surface area contributed by atoms with Gasteiger partial charge >= 0.3 is 0 Å². The third kappa shape index (κ3) is 1.63. The first-order chi connectivity index (χ1) is 8.07. The largest absolute Gasteiger partial charge is 0.293 e. The van der Waals surface area contributed by atoms with Crippen LogP contribution in [-0.2, 0) is 10.0 Å². The molecular weight excluding hydrogens is 236 g/mol. The van der Waals surface area contributed by atoms with Crippen LogP contribution >= 0.6 is 0 Å². The Morgan fingerprint density at radius 1 is 1.29 bits per heavy atom. The molecular formula is C12H12N2O2S. The summed E-state index contributed by atoms with van der Waals surface area (Å²) < 4.78 is 23.2. The van der Waals surface area contributed by atoms with Crippen LogP contribution in [0.2, 0.25) is 0 Å². The molecule has 0 spiro atoms. The molecule has 3 rings (SSSR count). The van der Waals surface area contributed by atoms with Gasteiger partial charge in [-0.3, -0.25) is 5.32 Å². The molecule has 2 aliphatic rings. The van der Waals surface area contributed by atoms with Crippen molar-refractivity contribution in [2.75, 3.05) is 6.54 Å². The monoisotopic (exact) mass is 248 g/mol. The van der Waals surface area contributed by atoms with Crippen LogP contribution in [0.25, 0.3) is 18.2 Å². The summed E-state index contributed by atoms with van der Waals surface area (Å²) >= 11 is 0.